The largest absolute Gasteiger partial charge is 0.342 e. The van der Waals surface area contributed by atoms with E-state index in [1.54, 1.807) is 23.5 Å². The predicted octanol–water partition coefficient (Wildman–Crippen LogP) is 7.01. The van der Waals surface area contributed by atoms with E-state index in [4.69, 9.17) is 11.6 Å². The predicted molar refractivity (Wildman–Crippen MR) is 143 cm³/mol. The lowest BCUT2D eigenvalue weighted by Crippen LogP contribution is -2.29. The lowest BCUT2D eigenvalue weighted by Gasteiger charge is -2.35. The molecule has 2 heterocycles. The molecule has 2 N–H and O–H groups in total. The molecular weight excluding hydrogens is 491 g/mol. The van der Waals surface area contributed by atoms with Crippen LogP contribution in [0.25, 0.3) is 5.70 Å². The van der Waals surface area contributed by atoms with E-state index >= 15 is 0 Å². The van der Waals surface area contributed by atoms with E-state index in [2.05, 4.69) is 30.4 Å². The number of nitrogens with zero attached hydrogens (tertiary/aromatic N) is 2. The van der Waals surface area contributed by atoms with Crippen LogP contribution in [0.1, 0.15) is 18.1 Å². The number of anilines is 3. The molecule has 3 aromatic rings. The second-order valence-electron chi connectivity index (χ2n) is 7.62. The molecule has 2 aromatic carbocycles. The molecule has 0 radical (unpaired) electrons. The van der Waals surface area contributed by atoms with Gasteiger partial charge in [-0.1, -0.05) is 38.3 Å². The van der Waals surface area contributed by atoms with Crippen molar-refractivity contribution in [2.24, 2.45) is 0 Å². The Morgan fingerprint density at radius 1 is 1.24 bits per heavy atom. The first-order valence-corrected chi connectivity index (χ1v) is 12.7. The summed E-state index contributed by atoms with van der Waals surface area (Å²) in [4.78, 5) is 1.84. The van der Waals surface area contributed by atoms with Crippen molar-refractivity contribution in [3.8, 4) is 0 Å². The van der Waals surface area contributed by atoms with Crippen LogP contribution in [0.4, 0.5) is 21.5 Å². The van der Waals surface area contributed by atoms with Gasteiger partial charge in [0, 0.05) is 35.4 Å². The van der Waals surface area contributed by atoms with Gasteiger partial charge >= 0.3 is 0 Å². The Hall–Kier alpha value is -3.07. The molecule has 5 nitrogen and oxygen atoms in total. The van der Waals surface area contributed by atoms with Crippen molar-refractivity contribution in [3.05, 3.63) is 101 Å². The van der Waals surface area contributed by atoms with E-state index in [-0.39, 0.29) is 5.82 Å². The third-order valence-corrected chi connectivity index (χ3v) is 8.36. The summed E-state index contributed by atoms with van der Waals surface area (Å²) in [5, 5.41) is 6.43. The Morgan fingerprint density at radius 2 is 1.94 bits per heavy atom. The maximum absolute atomic E-state index is 14.4. The van der Waals surface area contributed by atoms with Crippen molar-refractivity contribution < 1.29 is 8.60 Å². The summed E-state index contributed by atoms with van der Waals surface area (Å²) in [6.45, 7) is 14.2. The van der Waals surface area contributed by atoms with Crippen LogP contribution < -0.4 is 15.5 Å². The minimum absolute atomic E-state index is 0.249. The molecule has 0 aliphatic carbocycles. The van der Waals surface area contributed by atoms with Gasteiger partial charge in [0.2, 0.25) is 0 Å². The number of hydrogen-bond donors (Lipinski definition) is 2. The zero-order chi connectivity index (χ0) is 24.6. The van der Waals surface area contributed by atoms with Crippen molar-refractivity contribution >= 4 is 56.7 Å². The maximum atomic E-state index is 14.4. The molecule has 0 saturated carbocycles. The van der Waals surface area contributed by atoms with Crippen LogP contribution in [-0.4, -0.2) is 15.6 Å². The van der Waals surface area contributed by atoms with Crippen LogP contribution in [0, 0.1) is 5.82 Å². The molecule has 1 aromatic heterocycles. The molecule has 9 heteroatoms. The second-order valence-corrected chi connectivity index (χ2v) is 11.1. The summed E-state index contributed by atoms with van der Waals surface area (Å²) in [7, 11) is 0.276. The topological polar surface area (TPSA) is 47.6 Å². The van der Waals surface area contributed by atoms with Gasteiger partial charge in [-0.05, 0) is 60.5 Å². The van der Waals surface area contributed by atoms with Crippen molar-refractivity contribution in [2.45, 2.75) is 17.6 Å². The Bertz CT molecular complexity index is 1320. The summed E-state index contributed by atoms with van der Waals surface area (Å²) in [6, 6.07) is 14.3. The fraction of sp³-hybridized carbons (Fsp3) is 0.120. The summed E-state index contributed by atoms with van der Waals surface area (Å²) in [5.41, 5.74) is 4.34. The van der Waals surface area contributed by atoms with Crippen LogP contribution >= 0.6 is 22.9 Å². The molecule has 0 bridgehead atoms. The molecule has 176 valence electrons. The van der Waals surface area contributed by atoms with Crippen molar-refractivity contribution in [1.82, 2.24) is 4.31 Å². The SMILES string of the molecule is C=C1Nc2cc(CC)c(F)cc2C(=C)N1c1ccc(NC(=C)N(C)S(=O)c2ccc(Cl)s2)cc1. The van der Waals surface area contributed by atoms with Gasteiger partial charge < -0.3 is 10.6 Å². The Labute approximate surface area is 210 Å². The van der Waals surface area contributed by atoms with E-state index < -0.39 is 11.0 Å². The third kappa shape index (κ3) is 4.61. The molecule has 34 heavy (non-hydrogen) atoms. The van der Waals surface area contributed by atoms with Gasteiger partial charge in [0.1, 0.15) is 21.7 Å². The zero-order valence-corrected chi connectivity index (χ0v) is 21.2. The standard InChI is InChI=1S/C25H24ClFN4OS2/c1-6-18-13-23-21(14-22(18)27)15(2)31(17(4)29-23)20-9-7-19(8-10-20)28-16(3)30(5)34(32)25-12-11-24(26)33-25/h7-14,28-29H,2-4,6H2,1,5H3. The van der Waals surface area contributed by atoms with Crippen LogP contribution in [0.2, 0.25) is 4.34 Å². The first-order valence-electron chi connectivity index (χ1n) is 10.4. The molecule has 4 rings (SSSR count). The number of fused-ring (bicyclic) bond motifs is 1. The first kappa shape index (κ1) is 24.1. The fourth-order valence-corrected chi connectivity index (χ4v) is 6.11. The highest BCUT2D eigenvalue weighted by atomic mass is 35.5. The number of rotatable bonds is 7. The molecule has 1 aliphatic rings. The number of hydrogen-bond acceptors (Lipinski definition) is 5. The number of aryl methyl sites for hydroxylation is 1. The van der Waals surface area contributed by atoms with Crippen molar-refractivity contribution in [3.63, 3.8) is 0 Å². The van der Waals surface area contributed by atoms with Crippen LogP contribution in [0.15, 0.2) is 84.1 Å². The fourth-order valence-electron chi connectivity index (χ4n) is 3.60. The minimum Gasteiger partial charge on any atom is -0.342 e. The molecule has 1 unspecified atom stereocenters. The molecule has 0 amide bonds. The molecule has 0 saturated heterocycles. The van der Waals surface area contributed by atoms with E-state index in [1.165, 1.54) is 17.4 Å². The van der Waals surface area contributed by atoms with Gasteiger partial charge in [0.05, 0.1) is 4.34 Å². The monoisotopic (exact) mass is 514 g/mol. The Kier molecular flexibility index (Phi) is 6.84. The van der Waals surface area contributed by atoms with Gasteiger partial charge in [0.15, 0.2) is 11.0 Å². The summed E-state index contributed by atoms with van der Waals surface area (Å²) >= 11 is 7.22. The number of benzene rings is 2. The minimum atomic E-state index is -1.42. The summed E-state index contributed by atoms with van der Waals surface area (Å²) in [5.74, 6) is 0.849. The molecule has 1 atom stereocenters. The van der Waals surface area contributed by atoms with Crippen LogP contribution in [0.3, 0.4) is 0 Å². The second kappa shape index (κ2) is 9.66. The summed E-state index contributed by atoms with van der Waals surface area (Å²) < 4.78 is 29.9. The quantitative estimate of drug-likeness (QED) is 0.356. The Balaban J connectivity index is 1.49. The average molecular weight is 515 g/mol. The van der Waals surface area contributed by atoms with E-state index in [9.17, 15) is 8.60 Å². The van der Waals surface area contributed by atoms with E-state index in [1.807, 2.05) is 42.2 Å². The highest BCUT2D eigenvalue weighted by Crippen LogP contribution is 2.39. The van der Waals surface area contributed by atoms with Gasteiger partial charge in [-0.15, -0.1) is 11.3 Å². The van der Waals surface area contributed by atoms with Crippen molar-refractivity contribution in [2.75, 3.05) is 22.6 Å². The van der Waals surface area contributed by atoms with Gasteiger partial charge in [-0.2, -0.15) is 0 Å². The molecule has 1 aliphatic heterocycles. The Morgan fingerprint density at radius 3 is 2.56 bits per heavy atom. The normalized spacial score (nSPS) is 13.8. The highest BCUT2D eigenvalue weighted by Gasteiger charge is 2.25. The van der Waals surface area contributed by atoms with E-state index in [0.29, 0.717) is 43.4 Å². The summed E-state index contributed by atoms with van der Waals surface area (Å²) in [6.07, 6.45) is 0.604. The smallest absolute Gasteiger partial charge is 0.164 e. The molecule has 0 spiro atoms. The highest BCUT2D eigenvalue weighted by molar-refractivity contribution is 7.85. The number of nitrogens with one attached hydrogen (secondary N) is 2. The van der Waals surface area contributed by atoms with Crippen molar-refractivity contribution in [1.29, 1.82) is 0 Å². The molecular formula is C25H24ClFN4OS2. The van der Waals surface area contributed by atoms with Gasteiger partial charge in [-0.3, -0.25) is 9.21 Å². The third-order valence-electron chi connectivity index (χ3n) is 5.46. The van der Waals surface area contributed by atoms with Crippen LogP contribution in [-0.2, 0) is 17.4 Å². The molecule has 0 fully saturated rings. The lowest BCUT2D eigenvalue weighted by atomic mass is 10.0. The van der Waals surface area contributed by atoms with Gasteiger partial charge in [-0.25, -0.2) is 8.60 Å². The average Bonchev–Trinajstić information content (AvgIpc) is 3.25. The van der Waals surface area contributed by atoms with Crippen LogP contribution in [0.5, 0.6) is 0 Å². The lowest BCUT2D eigenvalue weighted by molar-refractivity contribution is 0.611. The first-order chi connectivity index (χ1) is 16.2. The number of halogens is 2. The zero-order valence-electron chi connectivity index (χ0n) is 18.8. The van der Waals surface area contributed by atoms with E-state index in [0.717, 1.165) is 17.1 Å². The van der Waals surface area contributed by atoms with Gasteiger partial charge in [0.25, 0.3) is 0 Å². The maximum Gasteiger partial charge on any atom is 0.164 e. The number of thiophene rings is 1.